The molecule has 1 atom stereocenters. The number of ether oxygens (including phenoxy) is 1. The zero-order valence-corrected chi connectivity index (χ0v) is 15.4. The topological polar surface area (TPSA) is 69.0 Å². The molecule has 2 aromatic rings. The molecule has 0 aliphatic heterocycles. The van der Waals surface area contributed by atoms with Crippen molar-refractivity contribution in [3.8, 4) is 11.4 Å². The van der Waals surface area contributed by atoms with Gasteiger partial charge >= 0.3 is 0 Å². The molecular formula is C17H24N4O2S. The molecule has 2 rings (SSSR count). The van der Waals surface area contributed by atoms with Gasteiger partial charge in [-0.15, -0.1) is 10.2 Å². The average molecular weight is 348 g/mol. The second kappa shape index (κ2) is 8.84. The van der Waals surface area contributed by atoms with Gasteiger partial charge in [-0.05, 0) is 26.3 Å². The highest BCUT2D eigenvalue weighted by atomic mass is 32.2. The molecule has 0 spiro atoms. The fourth-order valence-electron chi connectivity index (χ4n) is 2.32. The quantitative estimate of drug-likeness (QED) is 0.586. The van der Waals surface area contributed by atoms with Crippen LogP contribution >= 0.6 is 11.8 Å². The number of nitrogens with zero attached hydrogens (tertiary/aromatic N) is 3. The van der Waals surface area contributed by atoms with Gasteiger partial charge in [-0.3, -0.25) is 4.79 Å². The van der Waals surface area contributed by atoms with E-state index in [4.69, 9.17) is 4.74 Å². The number of aromatic nitrogens is 3. The predicted molar refractivity (Wildman–Crippen MR) is 96.1 cm³/mol. The molecule has 0 saturated carbocycles. The maximum absolute atomic E-state index is 12.1. The number of hydrogen-bond acceptors (Lipinski definition) is 5. The van der Waals surface area contributed by atoms with E-state index in [2.05, 4.69) is 35.4 Å². The summed E-state index contributed by atoms with van der Waals surface area (Å²) in [4.78, 5) is 12.1. The van der Waals surface area contributed by atoms with E-state index < -0.39 is 0 Å². The van der Waals surface area contributed by atoms with Crippen LogP contribution in [0.1, 0.15) is 19.4 Å². The maximum atomic E-state index is 12.1. The van der Waals surface area contributed by atoms with Crippen LogP contribution in [0.25, 0.3) is 11.4 Å². The number of rotatable bonds is 8. The van der Waals surface area contributed by atoms with Crippen LogP contribution in [0.2, 0.25) is 0 Å². The summed E-state index contributed by atoms with van der Waals surface area (Å²) in [6.07, 6.45) is 0. The number of carbonyl (C=O) groups excluding carboxylic acids is 1. The van der Waals surface area contributed by atoms with Crippen molar-refractivity contribution in [2.45, 2.75) is 37.7 Å². The summed E-state index contributed by atoms with van der Waals surface area (Å²) in [5, 5.41) is 12.0. The molecule has 0 fully saturated rings. The molecule has 1 heterocycles. The standard InChI is InChI=1S/C17H24N4O2S/c1-5-21-15(14-9-7-6-8-12(14)2)19-20-17(21)24-13(3)16(22)18-10-11-23-4/h6-9,13H,5,10-11H2,1-4H3,(H,18,22)/t13-/m1/s1. The van der Waals surface area contributed by atoms with Gasteiger partial charge in [0.2, 0.25) is 5.91 Å². The van der Waals surface area contributed by atoms with E-state index in [0.717, 1.165) is 28.7 Å². The first-order valence-electron chi connectivity index (χ1n) is 8.01. The van der Waals surface area contributed by atoms with Crippen molar-refractivity contribution in [1.82, 2.24) is 20.1 Å². The molecule has 0 aliphatic rings. The Bertz CT molecular complexity index is 687. The Morgan fingerprint density at radius 1 is 1.38 bits per heavy atom. The first-order valence-corrected chi connectivity index (χ1v) is 8.89. The summed E-state index contributed by atoms with van der Waals surface area (Å²) in [6.45, 7) is 7.74. The molecule has 1 amide bonds. The van der Waals surface area contributed by atoms with Gasteiger partial charge in [-0.1, -0.05) is 36.0 Å². The lowest BCUT2D eigenvalue weighted by molar-refractivity contribution is -0.120. The monoisotopic (exact) mass is 348 g/mol. The van der Waals surface area contributed by atoms with Gasteiger partial charge < -0.3 is 14.6 Å². The molecule has 24 heavy (non-hydrogen) atoms. The van der Waals surface area contributed by atoms with E-state index in [1.54, 1.807) is 7.11 Å². The Hall–Kier alpha value is -1.86. The average Bonchev–Trinajstić information content (AvgIpc) is 2.97. The van der Waals surface area contributed by atoms with Crippen molar-refractivity contribution in [3.63, 3.8) is 0 Å². The Morgan fingerprint density at radius 2 is 2.12 bits per heavy atom. The zero-order chi connectivity index (χ0) is 17.5. The molecular weight excluding hydrogens is 324 g/mol. The van der Waals surface area contributed by atoms with Crippen LogP contribution in [-0.2, 0) is 16.1 Å². The number of carbonyl (C=O) groups is 1. The summed E-state index contributed by atoms with van der Waals surface area (Å²) < 4.78 is 6.99. The van der Waals surface area contributed by atoms with Gasteiger partial charge in [0.15, 0.2) is 11.0 Å². The largest absolute Gasteiger partial charge is 0.383 e. The summed E-state index contributed by atoms with van der Waals surface area (Å²) in [5.74, 6) is 0.810. The lowest BCUT2D eigenvalue weighted by atomic mass is 10.1. The minimum atomic E-state index is -0.249. The van der Waals surface area contributed by atoms with E-state index in [1.807, 2.05) is 29.7 Å². The van der Waals surface area contributed by atoms with Gasteiger partial charge in [0.05, 0.1) is 11.9 Å². The van der Waals surface area contributed by atoms with Crippen molar-refractivity contribution in [2.75, 3.05) is 20.3 Å². The highest BCUT2D eigenvalue weighted by Crippen LogP contribution is 2.28. The van der Waals surface area contributed by atoms with E-state index in [0.29, 0.717) is 13.2 Å². The van der Waals surface area contributed by atoms with Crippen LogP contribution < -0.4 is 5.32 Å². The van der Waals surface area contributed by atoms with Gasteiger partial charge in [0.1, 0.15) is 0 Å². The molecule has 6 nitrogen and oxygen atoms in total. The Balaban J connectivity index is 2.15. The van der Waals surface area contributed by atoms with Crippen molar-refractivity contribution >= 4 is 17.7 Å². The molecule has 0 aliphatic carbocycles. The number of benzene rings is 1. The zero-order valence-electron chi connectivity index (χ0n) is 14.6. The van der Waals surface area contributed by atoms with Crippen molar-refractivity contribution in [3.05, 3.63) is 29.8 Å². The van der Waals surface area contributed by atoms with Crippen LogP contribution in [0.5, 0.6) is 0 Å². The van der Waals surface area contributed by atoms with Gasteiger partial charge in [-0.2, -0.15) is 0 Å². The number of hydrogen-bond donors (Lipinski definition) is 1. The fraction of sp³-hybridized carbons (Fsp3) is 0.471. The highest BCUT2D eigenvalue weighted by molar-refractivity contribution is 8.00. The van der Waals surface area contributed by atoms with E-state index in [9.17, 15) is 4.79 Å². The maximum Gasteiger partial charge on any atom is 0.233 e. The molecule has 1 aromatic heterocycles. The Kier molecular flexibility index (Phi) is 6.81. The summed E-state index contributed by atoms with van der Waals surface area (Å²) in [5.41, 5.74) is 2.22. The normalized spacial score (nSPS) is 12.2. The summed E-state index contributed by atoms with van der Waals surface area (Å²) in [6, 6.07) is 8.10. The van der Waals surface area contributed by atoms with Crippen molar-refractivity contribution in [2.24, 2.45) is 0 Å². The molecule has 0 radical (unpaired) electrons. The van der Waals surface area contributed by atoms with Gasteiger partial charge in [0, 0.05) is 25.8 Å². The van der Waals surface area contributed by atoms with Crippen molar-refractivity contribution < 1.29 is 9.53 Å². The lowest BCUT2D eigenvalue weighted by Gasteiger charge is -2.13. The SMILES string of the molecule is CCn1c(S[C@H](C)C(=O)NCCOC)nnc1-c1ccccc1C. The highest BCUT2D eigenvalue weighted by Gasteiger charge is 2.20. The molecule has 0 unspecified atom stereocenters. The molecule has 7 heteroatoms. The van der Waals surface area contributed by atoms with E-state index >= 15 is 0 Å². The lowest BCUT2D eigenvalue weighted by Crippen LogP contribution is -2.33. The van der Waals surface area contributed by atoms with Crippen LogP contribution in [0.4, 0.5) is 0 Å². The first kappa shape index (κ1) is 18.5. The Morgan fingerprint density at radius 3 is 2.79 bits per heavy atom. The third-order valence-electron chi connectivity index (χ3n) is 3.68. The van der Waals surface area contributed by atoms with Crippen LogP contribution in [0.15, 0.2) is 29.4 Å². The number of methoxy groups -OCH3 is 1. The van der Waals surface area contributed by atoms with E-state index in [-0.39, 0.29) is 11.2 Å². The molecule has 0 bridgehead atoms. The predicted octanol–water partition coefficient (Wildman–Crippen LogP) is 2.52. The number of amides is 1. The first-order chi connectivity index (χ1) is 11.6. The van der Waals surface area contributed by atoms with Crippen LogP contribution in [0.3, 0.4) is 0 Å². The number of aryl methyl sites for hydroxylation is 1. The third-order valence-corrected chi connectivity index (χ3v) is 4.76. The van der Waals surface area contributed by atoms with E-state index in [1.165, 1.54) is 11.8 Å². The van der Waals surface area contributed by atoms with Crippen molar-refractivity contribution in [1.29, 1.82) is 0 Å². The molecule has 130 valence electrons. The molecule has 1 aromatic carbocycles. The molecule has 0 saturated heterocycles. The fourth-order valence-corrected chi connectivity index (χ4v) is 3.25. The smallest absolute Gasteiger partial charge is 0.233 e. The summed E-state index contributed by atoms with van der Waals surface area (Å²) in [7, 11) is 1.61. The van der Waals surface area contributed by atoms with Gasteiger partial charge in [0.25, 0.3) is 0 Å². The minimum absolute atomic E-state index is 0.0276. The summed E-state index contributed by atoms with van der Waals surface area (Å²) >= 11 is 1.42. The minimum Gasteiger partial charge on any atom is -0.383 e. The second-order valence-electron chi connectivity index (χ2n) is 5.41. The van der Waals surface area contributed by atoms with Gasteiger partial charge in [-0.25, -0.2) is 0 Å². The Labute approximate surface area is 147 Å². The van der Waals surface area contributed by atoms with Crippen LogP contribution in [0, 0.1) is 6.92 Å². The number of thioether (sulfide) groups is 1. The molecule has 1 N–H and O–H groups in total. The third kappa shape index (κ3) is 4.36. The number of nitrogens with one attached hydrogen (secondary N) is 1. The second-order valence-corrected chi connectivity index (χ2v) is 6.72. The van der Waals surface area contributed by atoms with Crippen LogP contribution in [-0.4, -0.2) is 46.2 Å².